The summed E-state index contributed by atoms with van der Waals surface area (Å²) in [5, 5.41) is 9.22. The number of aromatic carboxylic acids is 1. The van der Waals surface area contributed by atoms with Crippen LogP contribution < -0.4 is 0 Å². The monoisotopic (exact) mass is 333 g/mol. The number of nitrogens with zero attached hydrogens (tertiary/aromatic N) is 1. The molecule has 0 aromatic heterocycles. The van der Waals surface area contributed by atoms with E-state index < -0.39 is 16.0 Å². The van der Waals surface area contributed by atoms with Gasteiger partial charge in [0.25, 0.3) is 0 Å². The molecule has 0 aliphatic heterocycles. The molecule has 0 saturated carbocycles. The average molecular weight is 334 g/mol. The van der Waals surface area contributed by atoms with Gasteiger partial charge in [-0.15, -0.1) is 0 Å². The number of hydrogen-bond acceptors (Lipinski definition) is 3. The van der Waals surface area contributed by atoms with E-state index >= 15 is 0 Å². The summed E-state index contributed by atoms with van der Waals surface area (Å²) >= 11 is 5.86. The van der Waals surface area contributed by atoms with Crippen LogP contribution in [0.5, 0.6) is 0 Å². The maximum Gasteiger partial charge on any atom is 0.336 e. The summed E-state index contributed by atoms with van der Waals surface area (Å²) in [7, 11) is -2.32. The van der Waals surface area contributed by atoms with Crippen molar-refractivity contribution in [2.45, 2.75) is 32.6 Å². The highest BCUT2D eigenvalue weighted by Gasteiger charge is 2.28. The molecule has 5 nitrogen and oxygen atoms in total. The van der Waals surface area contributed by atoms with E-state index in [1.54, 1.807) is 0 Å². The molecule has 0 heterocycles. The van der Waals surface area contributed by atoms with Gasteiger partial charge in [0.1, 0.15) is 0 Å². The number of carboxylic acid groups (broad SMARTS) is 1. The Labute approximate surface area is 130 Å². The fourth-order valence-corrected chi connectivity index (χ4v) is 4.01. The third kappa shape index (κ3) is 4.18. The maximum absolute atomic E-state index is 12.6. The van der Waals surface area contributed by atoms with E-state index in [-0.39, 0.29) is 26.5 Å². The average Bonchev–Trinajstić information content (AvgIpc) is 2.28. The Kier molecular flexibility index (Phi) is 5.08. The predicted octanol–water partition coefficient (Wildman–Crippen LogP) is 3.01. The Balaban J connectivity index is 3.42. The Bertz CT molecular complexity index is 662. The highest BCUT2D eigenvalue weighted by molar-refractivity contribution is 7.89. The molecule has 0 unspecified atom stereocenters. The molecule has 1 N–H and O–H groups in total. The molecule has 7 heteroatoms. The number of benzene rings is 1. The first-order valence-corrected chi connectivity index (χ1v) is 8.18. The molecule has 0 amide bonds. The van der Waals surface area contributed by atoms with E-state index in [0.29, 0.717) is 6.54 Å². The molecule has 0 atom stereocenters. The van der Waals surface area contributed by atoms with E-state index in [1.165, 1.54) is 30.4 Å². The molecule has 0 saturated heterocycles. The maximum atomic E-state index is 12.6. The van der Waals surface area contributed by atoms with Crippen molar-refractivity contribution in [3.63, 3.8) is 0 Å². The third-order valence-electron chi connectivity index (χ3n) is 2.94. The topological polar surface area (TPSA) is 74.7 Å². The number of halogens is 1. The number of hydrogen-bond donors (Lipinski definition) is 1. The second-order valence-electron chi connectivity index (χ2n) is 6.20. The molecule has 1 aromatic carbocycles. The van der Waals surface area contributed by atoms with Crippen molar-refractivity contribution in [1.29, 1.82) is 0 Å². The normalized spacial score (nSPS) is 12.7. The summed E-state index contributed by atoms with van der Waals surface area (Å²) in [5.74, 6) is -1.20. The smallest absolute Gasteiger partial charge is 0.336 e. The van der Waals surface area contributed by atoms with E-state index in [4.69, 9.17) is 16.7 Å². The summed E-state index contributed by atoms with van der Waals surface area (Å²) in [6.45, 7) is 7.55. The van der Waals surface area contributed by atoms with Gasteiger partial charge in [-0.05, 0) is 30.0 Å². The molecular formula is C14H20ClNO4S. The molecule has 0 bridgehead atoms. The minimum atomic E-state index is -3.80. The molecule has 118 valence electrons. The lowest BCUT2D eigenvalue weighted by Crippen LogP contribution is -2.35. The van der Waals surface area contributed by atoms with Crippen molar-refractivity contribution < 1.29 is 18.3 Å². The van der Waals surface area contributed by atoms with Gasteiger partial charge in [0.05, 0.1) is 10.5 Å². The van der Waals surface area contributed by atoms with E-state index in [1.807, 2.05) is 20.8 Å². The lowest BCUT2D eigenvalue weighted by Gasteiger charge is -2.26. The number of carboxylic acids is 1. The van der Waals surface area contributed by atoms with Crippen molar-refractivity contribution in [1.82, 2.24) is 4.31 Å². The first kappa shape index (κ1) is 17.9. The summed E-state index contributed by atoms with van der Waals surface area (Å²) in [5.41, 5.74) is -0.137. The van der Waals surface area contributed by atoms with Crippen LogP contribution in [-0.4, -0.2) is 37.4 Å². The van der Waals surface area contributed by atoms with Gasteiger partial charge < -0.3 is 5.11 Å². The number of carbonyl (C=O) groups is 1. The van der Waals surface area contributed by atoms with Crippen LogP contribution in [0.2, 0.25) is 5.02 Å². The molecule has 0 spiro atoms. The molecule has 1 rings (SSSR count). The number of sulfonamides is 1. The fraction of sp³-hybridized carbons (Fsp3) is 0.500. The van der Waals surface area contributed by atoms with Gasteiger partial charge in [-0.25, -0.2) is 17.5 Å². The van der Waals surface area contributed by atoms with Crippen LogP contribution in [0.4, 0.5) is 0 Å². The lowest BCUT2D eigenvalue weighted by molar-refractivity contribution is 0.0695. The van der Waals surface area contributed by atoms with Crippen LogP contribution in [-0.2, 0) is 10.0 Å². The summed E-state index contributed by atoms with van der Waals surface area (Å²) < 4.78 is 26.5. The fourth-order valence-electron chi connectivity index (χ4n) is 2.06. The van der Waals surface area contributed by atoms with Gasteiger partial charge in [-0.2, -0.15) is 0 Å². The molecule has 0 aliphatic carbocycles. The zero-order valence-corrected chi connectivity index (χ0v) is 14.3. The van der Waals surface area contributed by atoms with Gasteiger partial charge in [0, 0.05) is 18.6 Å². The first-order chi connectivity index (χ1) is 9.36. The zero-order valence-electron chi connectivity index (χ0n) is 12.8. The van der Waals surface area contributed by atoms with Crippen molar-refractivity contribution in [2.75, 3.05) is 13.6 Å². The lowest BCUT2D eigenvalue weighted by atomic mass is 9.97. The summed E-state index contributed by atoms with van der Waals surface area (Å²) in [4.78, 5) is 11.1. The standard InChI is InChI=1S/C14H20ClNO4S/c1-9-11(13(17)18)6-10(15)7-12(9)21(19,20)16(5)8-14(2,3)4/h6-7H,8H2,1-5H3,(H,17,18). The van der Waals surface area contributed by atoms with E-state index in [2.05, 4.69) is 0 Å². The molecule has 21 heavy (non-hydrogen) atoms. The minimum Gasteiger partial charge on any atom is -0.478 e. The third-order valence-corrected chi connectivity index (χ3v) is 5.09. The van der Waals surface area contributed by atoms with E-state index in [0.717, 1.165) is 0 Å². The Hall–Kier alpha value is -1.11. The van der Waals surface area contributed by atoms with Crippen LogP contribution in [0.3, 0.4) is 0 Å². The van der Waals surface area contributed by atoms with Gasteiger partial charge >= 0.3 is 5.97 Å². The molecule has 0 fully saturated rings. The second kappa shape index (κ2) is 5.94. The minimum absolute atomic E-state index is 0.0702. The largest absolute Gasteiger partial charge is 0.478 e. The SMILES string of the molecule is Cc1c(C(=O)O)cc(Cl)cc1S(=O)(=O)N(C)CC(C)(C)C. The van der Waals surface area contributed by atoms with Crippen LogP contribution in [0, 0.1) is 12.3 Å². The van der Waals surface area contributed by atoms with Crippen molar-refractivity contribution >= 4 is 27.6 Å². The highest BCUT2D eigenvalue weighted by Crippen LogP contribution is 2.28. The molecule has 0 radical (unpaired) electrons. The van der Waals surface area contributed by atoms with Crippen LogP contribution in [0.25, 0.3) is 0 Å². The highest BCUT2D eigenvalue weighted by atomic mass is 35.5. The summed E-state index contributed by atoms with van der Waals surface area (Å²) in [6.07, 6.45) is 0. The zero-order chi connectivity index (χ0) is 16.6. The van der Waals surface area contributed by atoms with Gasteiger partial charge in [0.2, 0.25) is 10.0 Å². The van der Waals surface area contributed by atoms with Gasteiger partial charge in [0.15, 0.2) is 0 Å². The Morgan fingerprint density at radius 3 is 2.29 bits per heavy atom. The molecule has 0 aliphatic rings. The molecular weight excluding hydrogens is 314 g/mol. The van der Waals surface area contributed by atoms with Crippen LogP contribution >= 0.6 is 11.6 Å². The van der Waals surface area contributed by atoms with Crippen LogP contribution in [0.15, 0.2) is 17.0 Å². The number of rotatable bonds is 4. The van der Waals surface area contributed by atoms with Gasteiger partial charge in [-0.1, -0.05) is 32.4 Å². The van der Waals surface area contributed by atoms with E-state index in [9.17, 15) is 13.2 Å². The van der Waals surface area contributed by atoms with Crippen molar-refractivity contribution in [2.24, 2.45) is 5.41 Å². The quantitative estimate of drug-likeness (QED) is 0.919. The summed E-state index contributed by atoms with van der Waals surface area (Å²) in [6, 6.07) is 2.54. The second-order valence-corrected chi connectivity index (χ2v) is 8.65. The Morgan fingerprint density at radius 1 is 1.33 bits per heavy atom. The van der Waals surface area contributed by atoms with Crippen LogP contribution in [0.1, 0.15) is 36.7 Å². The van der Waals surface area contributed by atoms with Crippen molar-refractivity contribution in [3.8, 4) is 0 Å². The van der Waals surface area contributed by atoms with Crippen molar-refractivity contribution in [3.05, 3.63) is 28.3 Å². The first-order valence-electron chi connectivity index (χ1n) is 6.36. The Morgan fingerprint density at radius 2 is 1.86 bits per heavy atom. The van der Waals surface area contributed by atoms with Gasteiger partial charge in [-0.3, -0.25) is 0 Å². The predicted molar refractivity (Wildman–Crippen MR) is 82.4 cm³/mol. The molecule has 1 aromatic rings.